The maximum Gasteiger partial charge on any atom is -1.00 e. The standard InChI is InChI=1S/C10H15.2FH.Zr/c1-7-6-10(4,5)9(3)8(7)2;;;/h1-5H3;2*1H;/q;;;+2/p-2. The van der Waals surface area contributed by atoms with Crippen LogP contribution in [-0.4, -0.2) is 0 Å². The average molecular weight is 264 g/mol. The second-order valence-corrected chi connectivity index (χ2v) is 5.10. The van der Waals surface area contributed by atoms with Crippen molar-refractivity contribution in [3.05, 3.63) is 20.0 Å². The molecule has 0 amide bonds. The number of allylic oxidation sites excluding steroid dienone is 4. The van der Waals surface area contributed by atoms with Gasteiger partial charge in [0.25, 0.3) is 0 Å². The Balaban J connectivity index is 0. The maximum absolute atomic E-state index is 2.33. The third kappa shape index (κ3) is 2.18. The Bertz CT molecular complexity index is 236. The van der Waals surface area contributed by atoms with E-state index in [1.807, 2.05) is 0 Å². The van der Waals surface area contributed by atoms with Crippen LogP contribution in [-0.2, 0) is 24.7 Å². The topological polar surface area (TPSA) is 0 Å². The van der Waals surface area contributed by atoms with Crippen molar-refractivity contribution >= 4 is 0 Å². The normalized spacial score (nSPS) is 19.9. The van der Waals surface area contributed by atoms with Gasteiger partial charge < -0.3 is 9.41 Å². The Hall–Kier alpha value is 0.223. The summed E-state index contributed by atoms with van der Waals surface area (Å²) >= 11 is 1.57. The van der Waals surface area contributed by atoms with Crippen LogP contribution < -0.4 is 9.41 Å². The van der Waals surface area contributed by atoms with Gasteiger partial charge in [0.2, 0.25) is 0 Å². The molecule has 0 aromatic carbocycles. The largest absolute Gasteiger partial charge is 1.00 e. The van der Waals surface area contributed by atoms with E-state index in [0.717, 1.165) is 0 Å². The van der Waals surface area contributed by atoms with Gasteiger partial charge in [-0.1, -0.05) is 0 Å². The Morgan fingerprint density at radius 1 is 0.923 bits per heavy atom. The van der Waals surface area contributed by atoms with Crippen molar-refractivity contribution < 1.29 is 34.1 Å². The van der Waals surface area contributed by atoms with Crippen LogP contribution in [0.5, 0.6) is 0 Å². The first-order valence-electron chi connectivity index (χ1n) is 4.00. The zero-order chi connectivity index (χ0) is 8.81. The first-order chi connectivity index (χ1) is 4.89. The minimum Gasteiger partial charge on any atom is -1.00 e. The summed E-state index contributed by atoms with van der Waals surface area (Å²) < 4.78 is 1.62. The number of halogens is 2. The predicted octanol–water partition coefficient (Wildman–Crippen LogP) is -2.81. The molecule has 0 saturated carbocycles. The van der Waals surface area contributed by atoms with Crippen LogP contribution in [0.4, 0.5) is 0 Å². The summed E-state index contributed by atoms with van der Waals surface area (Å²) in [7, 11) is 0. The van der Waals surface area contributed by atoms with E-state index in [-0.39, 0.29) is 9.41 Å². The molecule has 0 aromatic rings. The van der Waals surface area contributed by atoms with Crippen LogP contribution in [0.3, 0.4) is 0 Å². The number of hydrogen-bond donors (Lipinski definition) is 0. The van der Waals surface area contributed by atoms with Crippen molar-refractivity contribution in [2.45, 2.75) is 34.6 Å². The van der Waals surface area contributed by atoms with Crippen molar-refractivity contribution in [2.75, 3.05) is 0 Å². The molecular formula is C10H15F2Zr. The van der Waals surface area contributed by atoms with Crippen molar-refractivity contribution in [2.24, 2.45) is 5.41 Å². The monoisotopic (exact) mass is 263 g/mol. The Morgan fingerprint density at radius 2 is 1.31 bits per heavy atom. The van der Waals surface area contributed by atoms with E-state index in [2.05, 4.69) is 34.6 Å². The van der Waals surface area contributed by atoms with Gasteiger partial charge >= 0.3 is 84.8 Å². The smallest absolute Gasteiger partial charge is 1.00 e. The number of hydrogen-bond acceptors (Lipinski definition) is 0. The SMILES string of the molecule is CC1=C(C)C(C)(C)[C]([Zr+2])=C1C.[F-].[F-]. The summed E-state index contributed by atoms with van der Waals surface area (Å²) in [5.41, 5.74) is 4.96. The van der Waals surface area contributed by atoms with Crippen molar-refractivity contribution in [3.63, 3.8) is 0 Å². The molecule has 1 aliphatic rings. The van der Waals surface area contributed by atoms with E-state index in [4.69, 9.17) is 0 Å². The van der Waals surface area contributed by atoms with Crippen LogP contribution in [0.1, 0.15) is 34.6 Å². The summed E-state index contributed by atoms with van der Waals surface area (Å²) in [6, 6.07) is 0. The molecule has 1 aliphatic carbocycles. The first kappa shape index (κ1) is 15.7. The van der Waals surface area contributed by atoms with Crippen LogP contribution in [0.15, 0.2) is 20.0 Å². The van der Waals surface area contributed by atoms with Crippen LogP contribution in [0.25, 0.3) is 0 Å². The fourth-order valence-corrected chi connectivity index (χ4v) is 2.52. The second kappa shape index (κ2) is 4.64. The van der Waals surface area contributed by atoms with E-state index in [1.165, 1.54) is 11.1 Å². The fraction of sp³-hybridized carbons (Fsp3) is 0.600. The minimum absolute atomic E-state index is 0. The molecule has 0 radical (unpaired) electrons. The van der Waals surface area contributed by atoms with E-state index in [9.17, 15) is 0 Å². The molecule has 0 bridgehead atoms. The van der Waals surface area contributed by atoms with Gasteiger partial charge in [0.05, 0.1) is 0 Å². The molecule has 1 rings (SSSR count). The van der Waals surface area contributed by atoms with Gasteiger partial charge in [0.15, 0.2) is 0 Å². The zero-order valence-corrected chi connectivity index (χ0v) is 11.2. The number of rotatable bonds is 0. The summed E-state index contributed by atoms with van der Waals surface area (Å²) in [6.07, 6.45) is 0. The second-order valence-electron chi connectivity index (χ2n) is 3.88. The molecule has 13 heavy (non-hydrogen) atoms. The molecule has 0 N–H and O–H groups in total. The minimum atomic E-state index is 0. The zero-order valence-electron chi connectivity index (χ0n) is 8.76. The molecule has 0 aliphatic heterocycles. The van der Waals surface area contributed by atoms with Crippen molar-refractivity contribution in [1.82, 2.24) is 0 Å². The summed E-state index contributed by atoms with van der Waals surface area (Å²) in [6.45, 7) is 11.4. The van der Waals surface area contributed by atoms with Gasteiger partial charge in [-0.2, -0.15) is 0 Å². The molecule has 3 heteroatoms. The third-order valence-corrected chi connectivity index (χ3v) is 5.52. The van der Waals surface area contributed by atoms with Gasteiger partial charge in [0.1, 0.15) is 0 Å². The van der Waals surface area contributed by atoms with E-state index >= 15 is 0 Å². The predicted molar refractivity (Wildman–Crippen MR) is 44.9 cm³/mol. The van der Waals surface area contributed by atoms with Gasteiger partial charge in [-0.15, -0.1) is 0 Å². The van der Waals surface area contributed by atoms with Crippen molar-refractivity contribution in [3.8, 4) is 0 Å². The Kier molecular flexibility index (Phi) is 5.59. The molecule has 0 spiro atoms. The average Bonchev–Trinajstić information content (AvgIpc) is 2.06. The Labute approximate surface area is 94.1 Å². The van der Waals surface area contributed by atoms with Gasteiger partial charge in [-0.25, -0.2) is 0 Å². The molecule has 0 heterocycles. The fourth-order valence-electron chi connectivity index (χ4n) is 1.59. The molecule has 0 unspecified atom stereocenters. The molecule has 0 saturated heterocycles. The molecule has 0 aromatic heterocycles. The Morgan fingerprint density at radius 3 is 1.38 bits per heavy atom. The summed E-state index contributed by atoms with van der Waals surface area (Å²) in [5.74, 6) is 0. The molecule has 0 nitrogen and oxygen atoms in total. The van der Waals surface area contributed by atoms with Crippen LogP contribution in [0, 0.1) is 5.41 Å². The van der Waals surface area contributed by atoms with Crippen LogP contribution in [0.2, 0.25) is 0 Å². The molecule has 0 fully saturated rings. The molecular weight excluding hydrogens is 249 g/mol. The quantitative estimate of drug-likeness (QED) is 0.443. The van der Waals surface area contributed by atoms with Crippen LogP contribution >= 0.6 is 0 Å². The van der Waals surface area contributed by atoms with Gasteiger partial charge in [0, 0.05) is 0 Å². The maximum atomic E-state index is 2.33. The first-order valence-corrected chi connectivity index (χ1v) is 5.23. The van der Waals surface area contributed by atoms with E-state index in [0.29, 0.717) is 5.41 Å². The molecule has 73 valence electrons. The third-order valence-electron chi connectivity index (χ3n) is 3.06. The summed E-state index contributed by atoms with van der Waals surface area (Å²) in [4.78, 5) is 0. The summed E-state index contributed by atoms with van der Waals surface area (Å²) in [5, 5.41) is 0. The van der Waals surface area contributed by atoms with E-state index in [1.54, 1.807) is 33.6 Å². The van der Waals surface area contributed by atoms with E-state index < -0.39 is 0 Å². The van der Waals surface area contributed by atoms with Crippen molar-refractivity contribution in [1.29, 1.82) is 0 Å². The van der Waals surface area contributed by atoms with Gasteiger partial charge in [-0.05, 0) is 0 Å². The van der Waals surface area contributed by atoms with Gasteiger partial charge in [-0.3, -0.25) is 0 Å². The molecule has 0 atom stereocenters.